The third-order valence-corrected chi connectivity index (χ3v) is 3.93. The van der Waals surface area contributed by atoms with Gasteiger partial charge in [0.2, 0.25) is 0 Å². The lowest BCUT2D eigenvalue weighted by molar-refractivity contribution is -0.170. The van der Waals surface area contributed by atoms with Gasteiger partial charge in [0.05, 0.1) is 25.7 Å². The lowest BCUT2D eigenvalue weighted by atomic mass is 9.64. The Hall–Kier alpha value is -0.610. The molecule has 2 aliphatic rings. The van der Waals surface area contributed by atoms with E-state index in [9.17, 15) is 15.0 Å². The van der Waals surface area contributed by atoms with Gasteiger partial charge in [-0.25, -0.2) is 0 Å². The highest BCUT2D eigenvalue weighted by molar-refractivity contribution is 5.71. The zero-order valence-corrected chi connectivity index (χ0v) is 8.32. The van der Waals surface area contributed by atoms with E-state index >= 15 is 0 Å². The second-order valence-corrected chi connectivity index (χ2v) is 4.90. The monoisotopic (exact) mass is 200 g/mol. The van der Waals surface area contributed by atoms with Crippen LogP contribution in [-0.4, -0.2) is 35.5 Å². The van der Waals surface area contributed by atoms with Crippen LogP contribution in [0.4, 0.5) is 0 Å². The summed E-state index contributed by atoms with van der Waals surface area (Å²) in [5, 5.41) is 19.1. The molecule has 2 rings (SSSR count). The topological polar surface area (TPSA) is 66.8 Å². The molecule has 0 amide bonds. The number of rotatable bonds is 1. The molecule has 0 aromatic carbocycles. The van der Waals surface area contributed by atoms with E-state index in [-0.39, 0.29) is 24.4 Å². The van der Waals surface area contributed by atoms with Crippen molar-refractivity contribution in [3.8, 4) is 0 Å². The summed E-state index contributed by atoms with van der Waals surface area (Å²) in [6.45, 7) is 2.25. The van der Waals surface area contributed by atoms with Gasteiger partial charge >= 0.3 is 5.97 Å². The molecule has 1 aliphatic carbocycles. The lowest BCUT2D eigenvalue weighted by Gasteiger charge is -2.44. The molecule has 3 atom stereocenters. The molecular weight excluding hydrogens is 184 g/mol. The normalized spacial score (nSPS) is 47.4. The van der Waals surface area contributed by atoms with E-state index < -0.39 is 11.5 Å². The van der Waals surface area contributed by atoms with Crippen LogP contribution in [-0.2, 0) is 9.53 Å². The number of aliphatic hydroxyl groups excluding tert-OH is 2. The van der Waals surface area contributed by atoms with Gasteiger partial charge in [0.15, 0.2) is 0 Å². The van der Waals surface area contributed by atoms with Crippen molar-refractivity contribution in [2.75, 3.05) is 13.2 Å². The zero-order chi connectivity index (χ0) is 10.4. The summed E-state index contributed by atoms with van der Waals surface area (Å²) < 4.78 is 5.01. The number of aliphatic hydroxyl groups is 2. The first-order chi connectivity index (χ1) is 6.51. The van der Waals surface area contributed by atoms with Crippen LogP contribution in [0.1, 0.15) is 26.2 Å². The van der Waals surface area contributed by atoms with Crippen molar-refractivity contribution < 1.29 is 19.7 Å². The van der Waals surface area contributed by atoms with Crippen molar-refractivity contribution in [2.24, 2.45) is 10.8 Å². The van der Waals surface area contributed by atoms with E-state index in [4.69, 9.17) is 4.74 Å². The first kappa shape index (κ1) is 9.93. The average molecular weight is 200 g/mol. The third-order valence-electron chi connectivity index (χ3n) is 3.93. The molecule has 0 radical (unpaired) electrons. The predicted molar refractivity (Wildman–Crippen MR) is 48.4 cm³/mol. The Kier molecular flexibility index (Phi) is 2.08. The summed E-state index contributed by atoms with van der Waals surface area (Å²) >= 11 is 0. The van der Waals surface area contributed by atoms with Gasteiger partial charge in [0.1, 0.15) is 0 Å². The molecule has 0 aromatic heterocycles. The van der Waals surface area contributed by atoms with Gasteiger partial charge < -0.3 is 14.9 Å². The van der Waals surface area contributed by atoms with Crippen LogP contribution in [0.25, 0.3) is 0 Å². The average Bonchev–Trinajstić information content (AvgIpc) is 2.37. The molecule has 14 heavy (non-hydrogen) atoms. The van der Waals surface area contributed by atoms with Gasteiger partial charge in [-0.05, 0) is 12.8 Å². The Labute approximate surface area is 82.9 Å². The van der Waals surface area contributed by atoms with Gasteiger partial charge in [-0.2, -0.15) is 0 Å². The first-order valence-corrected chi connectivity index (χ1v) is 4.96. The molecule has 4 heteroatoms. The van der Waals surface area contributed by atoms with Crippen LogP contribution >= 0.6 is 0 Å². The highest BCUT2D eigenvalue weighted by Crippen LogP contribution is 2.56. The zero-order valence-electron chi connectivity index (χ0n) is 8.32. The van der Waals surface area contributed by atoms with Crippen molar-refractivity contribution in [3.05, 3.63) is 0 Å². The molecule has 2 N–H and O–H groups in total. The number of carbonyl (C=O) groups is 1. The van der Waals surface area contributed by atoms with E-state index in [1.165, 1.54) is 0 Å². The second kappa shape index (κ2) is 2.94. The molecule has 4 nitrogen and oxygen atoms in total. The van der Waals surface area contributed by atoms with E-state index in [1.807, 2.05) is 6.92 Å². The minimum Gasteiger partial charge on any atom is -0.465 e. The Bertz CT molecular complexity index is 265. The summed E-state index contributed by atoms with van der Waals surface area (Å²) in [7, 11) is 0. The van der Waals surface area contributed by atoms with Gasteiger partial charge in [-0.3, -0.25) is 4.79 Å². The first-order valence-electron chi connectivity index (χ1n) is 4.96. The Morgan fingerprint density at radius 2 is 2.29 bits per heavy atom. The standard InChI is InChI=1S/C10H16O4/c1-9-2-7(12)3-10(9,5-11)4-8(13)14-6-9/h7,11-12H,2-6H2,1H3/t7-,9?,10?/m1/s1. The smallest absolute Gasteiger partial charge is 0.306 e. The van der Waals surface area contributed by atoms with Gasteiger partial charge in [-0.15, -0.1) is 0 Å². The highest BCUT2D eigenvalue weighted by Gasteiger charge is 2.58. The molecule has 1 aliphatic heterocycles. The quantitative estimate of drug-likeness (QED) is 0.588. The minimum atomic E-state index is -0.457. The molecule has 0 spiro atoms. The fourth-order valence-corrected chi connectivity index (χ4v) is 2.88. The van der Waals surface area contributed by atoms with E-state index in [0.717, 1.165) is 0 Å². The van der Waals surface area contributed by atoms with Gasteiger partial charge in [-0.1, -0.05) is 6.92 Å². The van der Waals surface area contributed by atoms with E-state index in [2.05, 4.69) is 0 Å². The highest BCUT2D eigenvalue weighted by atomic mass is 16.5. The summed E-state index contributed by atoms with van der Waals surface area (Å²) in [5.74, 6) is -0.259. The van der Waals surface area contributed by atoms with Crippen LogP contribution in [0.15, 0.2) is 0 Å². The Balaban J connectivity index is 2.32. The second-order valence-electron chi connectivity index (χ2n) is 4.90. The maximum Gasteiger partial charge on any atom is 0.306 e. The molecule has 2 fully saturated rings. The number of cyclic esters (lactones) is 1. The fourth-order valence-electron chi connectivity index (χ4n) is 2.88. The summed E-state index contributed by atoms with van der Waals surface area (Å²) in [6.07, 6.45) is 0.939. The van der Waals surface area contributed by atoms with E-state index in [0.29, 0.717) is 19.4 Å². The van der Waals surface area contributed by atoms with E-state index in [1.54, 1.807) is 0 Å². The summed E-state index contributed by atoms with van der Waals surface area (Å²) in [5.41, 5.74) is -0.711. The van der Waals surface area contributed by atoms with Crippen molar-refractivity contribution in [1.82, 2.24) is 0 Å². The third kappa shape index (κ3) is 1.17. The molecule has 2 unspecified atom stereocenters. The maximum absolute atomic E-state index is 11.2. The van der Waals surface area contributed by atoms with Crippen molar-refractivity contribution in [2.45, 2.75) is 32.3 Å². The fraction of sp³-hybridized carbons (Fsp3) is 0.900. The van der Waals surface area contributed by atoms with Gasteiger partial charge in [0, 0.05) is 10.8 Å². The minimum absolute atomic E-state index is 0.0460. The molecular formula is C10H16O4. The number of hydrogen-bond donors (Lipinski definition) is 2. The van der Waals surface area contributed by atoms with Crippen LogP contribution in [0, 0.1) is 10.8 Å². The SMILES string of the molecule is CC12COC(=O)CC1(CO)C[C@H](O)C2. The van der Waals surface area contributed by atoms with Crippen LogP contribution < -0.4 is 0 Å². The molecule has 1 heterocycles. The number of hydrogen-bond acceptors (Lipinski definition) is 4. The summed E-state index contributed by atoms with van der Waals surface area (Å²) in [4.78, 5) is 11.2. The predicted octanol–water partition coefficient (Wildman–Crippen LogP) is 0.0730. The number of ether oxygens (including phenoxy) is 1. The largest absolute Gasteiger partial charge is 0.465 e. The van der Waals surface area contributed by atoms with Crippen LogP contribution in [0.5, 0.6) is 0 Å². The van der Waals surface area contributed by atoms with Crippen molar-refractivity contribution in [1.29, 1.82) is 0 Å². The van der Waals surface area contributed by atoms with Crippen LogP contribution in [0.2, 0.25) is 0 Å². The summed E-state index contributed by atoms with van der Waals surface area (Å²) in [6, 6.07) is 0. The molecule has 0 aromatic rings. The number of fused-ring (bicyclic) bond motifs is 1. The lowest BCUT2D eigenvalue weighted by Crippen LogP contribution is -2.48. The Morgan fingerprint density at radius 3 is 2.93 bits per heavy atom. The number of esters is 1. The molecule has 0 bridgehead atoms. The van der Waals surface area contributed by atoms with Gasteiger partial charge in [0.25, 0.3) is 0 Å². The molecule has 80 valence electrons. The molecule has 1 saturated heterocycles. The maximum atomic E-state index is 11.2. The van der Waals surface area contributed by atoms with Crippen LogP contribution in [0.3, 0.4) is 0 Å². The van der Waals surface area contributed by atoms with Crippen molar-refractivity contribution in [3.63, 3.8) is 0 Å². The number of carbonyl (C=O) groups excluding carboxylic acids is 1. The Morgan fingerprint density at radius 1 is 1.57 bits per heavy atom. The van der Waals surface area contributed by atoms with Crippen molar-refractivity contribution >= 4 is 5.97 Å². The molecule has 1 saturated carbocycles.